The second-order valence-electron chi connectivity index (χ2n) is 6.98. The molecule has 0 saturated carbocycles. The van der Waals surface area contributed by atoms with Gasteiger partial charge in [0.1, 0.15) is 0 Å². The molecule has 2 aromatic rings. The lowest BCUT2D eigenvalue weighted by Crippen LogP contribution is -2.42. The molecule has 1 unspecified atom stereocenters. The lowest BCUT2D eigenvalue weighted by molar-refractivity contribution is 0.0764. The van der Waals surface area contributed by atoms with Gasteiger partial charge in [0.25, 0.3) is 5.91 Å². The normalized spacial score (nSPS) is 24.7. The van der Waals surface area contributed by atoms with Crippen LogP contribution in [0.25, 0.3) is 11.0 Å². The van der Waals surface area contributed by atoms with Crippen molar-refractivity contribution in [2.24, 2.45) is 12.5 Å². The van der Waals surface area contributed by atoms with Crippen molar-refractivity contribution in [2.75, 3.05) is 26.2 Å². The van der Waals surface area contributed by atoms with Gasteiger partial charge < -0.3 is 15.2 Å². The predicted molar refractivity (Wildman–Crippen MR) is 88.6 cm³/mol. The zero-order chi connectivity index (χ0) is 16.0. The first-order valence-corrected chi connectivity index (χ1v) is 8.27. The van der Waals surface area contributed by atoms with Crippen LogP contribution in [0.3, 0.4) is 0 Å². The van der Waals surface area contributed by atoms with Crippen molar-refractivity contribution < 1.29 is 4.79 Å². The largest absolute Gasteiger partial charge is 0.338 e. The molecule has 2 aliphatic rings. The van der Waals surface area contributed by atoms with Crippen LogP contribution in [0.15, 0.2) is 23.0 Å². The average Bonchev–Trinajstić information content (AvgIpc) is 3.09. The fourth-order valence-electron chi connectivity index (χ4n) is 4.03. The average molecular weight is 314 g/mol. The van der Waals surface area contributed by atoms with Crippen LogP contribution in [0.4, 0.5) is 0 Å². The van der Waals surface area contributed by atoms with Gasteiger partial charge in [0.15, 0.2) is 0 Å². The van der Waals surface area contributed by atoms with Gasteiger partial charge >= 0.3 is 5.69 Å². The number of hydrogen-bond donors (Lipinski definition) is 2. The molecule has 1 amide bonds. The molecule has 2 fully saturated rings. The second kappa shape index (κ2) is 5.23. The maximum absolute atomic E-state index is 12.8. The summed E-state index contributed by atoms with van der Waals surface area (Å²) in [5, 5.41) is 3.47. The van der Waals surface area contributed by atoms with Crippen molar-refractivity contribution in [3.63, 3.8) is 0 Å². The van der Waals surface area contributed by atoms with Gasteiger partial charge in [-0.3, -0.25) is 9.36 Å². The number of carbonyl (C=O) groups excluding carboxylic acids is 1. The van der Waals surface area contributed by atoms with E-state index in [1.165, 1.54) is 12.8 Å². The van der Waals surface area contributed by atoms with Crippen LogP contribution in [0.2, 0.25) is 0 Å². The molecule has 2 N–H and O–H groups in total. The van der Waals surface area contributed by atoms with E-state index < -0.39 is 0 Å². The molecule has 1 aromatic heterocycles. The van der Waals surface area contributed by atoms with E-state index in [4.69, 9.17) is 0 Å². The molecular formula is C17H22N4O2. The highest BCUT2D eigenvalue weighted by atomic mass is 16.2. The van der Waals surface area contributed by atoms with E-state index in [0.29, 0.717) is 5.56 Å². The lowest BCUT2D eigenvalue weighted by atomic mass is 9.80. The summed E-state index contributed by atoms with van der Waals surface area (Å²) < 4.78 is 1.54. The Morgan fingerprint density at radius 2 is 2.17 bits per heavy atom. The first-order valence-electron chi connectivity index (χ1n) is 8.27. The number of rotatable bonds is 1. The van der Waals surface area contributed by atoms with E-state index in [1.54, 1.807) is 11.6 Å². The molecule has 0 aliphatic carbocycles. The van der Waals surface area contributed by atoms with Gasteiger partial charge in [0.2, 0.25) is 0 Å². The SMILES string of the molecule is Cn1c(=O)[nH]c2ccc(C(=O)N3CCC4(CCCNC4)C3)cc21. The van der Waals surface area contributed by atoms with Crippen molar-refractivity contribution in [3.05, 3.63) is 34.2 Å². The van der Waals surface area contributed by atoms with Crippen molar-refractivity contribution in [1.82, 2.24) is 19.8 Å². The maximum Gasteiger partial charge on any atom is 0.326 e. The minimum atomic E-state index is -0.155. The van der Waals surface area contributed by atoms with Crippen LogP contribution in [-0.4, -0.2) is 46.5 Å². The Morgan fingerprint density at radius 3 is 2.96 bits per heavy atom. The third-order valence-electron chi connectivity index (χ3n) is 5.44. The molecule has 4 rings (SSSR count). The number of aromatic amines is 1. The van der Waals surface area contributed by atoms with Gasteiger partial charge in [-0.05, 0) is 44.0 Å². The highest BCUT2D eigenvalue weighted by Gasteiger charge is 2.40. The molecular weight excluding hydrogens is 292 g/mol. The quantitative estimate of drug-likeness (QED) is 0.827. The van der Waals surface area contributed by atoms with E-state index in [1.807, 2.05) is 23.1 Å². The van der Waals surface area contributed by atoms with Crippen LogP contribution in [0, 0.1) is 5.41 Å². The number of H-pyrrole nitrogens is 1. The van der Waals surface area contributed by atoms with Gasteiger partial charge in [0, 0.05) is 37.7 Å². The van der Waals surface area contributed by atoms with Crippen LogP contribution in [0.5, 0.6) is 0 Å². The summed E-state index contributed by atoms with van der Waals surface area (Å²) in [7, 11) is 1.72. The summed E-state index contributed by atoms with van der Waals surface area (Å²) in [5.74, 6) is 0.0722. The van der Waals surface area contributed by atoms with Crippen LogP contribution in [-0.2, 0) is 7.05 Å². The van der Waals surface area contributed by atoms with Crippen molar-refractivity contribution >= 4 is 16.9 Å². The smallest absolute Gasteiger partial charge is 0.326 e. The highest BCUT2D eigenvalue weighted by Crippen LogP contribution is 2.37. The van der Waals surface area contributed by atoms with E-state index in [-0.39, 0.29) is 17.0 Å². The molecule has 1 atom stereocenters. The van der Waals surface area contributed by atoms with Gasteiger partial charge in [-0.2, -0.15) is 0 Å². The summed E-state index contributed by atoms with van der Waals surface area (Å²) in [6.45, 7) is 3.77. The summed E-state index contributed by atoms with van der Waals surface area (Å²) in [6, 6.07) is 5.45. The molecule has 23 heavy (non-hydrogen) atoms. The first kappa shape index (κ1) is 14.5. The summed E-state index contributed by atoms with van der Waals surface area (Å²) in [5.41, 5.74) is 2.31. The van der Waals surface area contributed by atoms with Crippen molar-refractivity contribution in [2.45, 2.75) is 19.3 Å². The third-order valence-corrected chi connectivity index (χ3v) is 5.44. The minimum Gasteiger partial charge on any atom is -0.338 e. The number of nitrogens with zero attached hydrogens (tertiary/aromatic N) is 2. The first-order chi connectivity index (χ1) is 11.1. The Kier molecular flexibility index (Phi) is 3.30. The number of carbonyl (C=O) groups is 1. The van der Waals surface area contributed by atoms with Crippen molar-refractivity contribution in [1.29, 1.82) is 0 Å². The number of fused-ring (bicyclic) bond motifs is 1. The Hall–Kier alpha value is -2.08. The molecule has 1 aromatic carbocycles. The fourth-order valence-corrected chi connectivity index (χ4v) is 4.03. The van der Waals surface area contributed by atoms with Gasteiger partial charge in [-0.15, -0.1) is 0 Å². The van der Waals surface area contributed by atoms with E-state index in [0.717, 1.165) is 43.6 Å². The number of likely N-dealkylation sites (tertiary alicyclic amines) is 1. The molecule has 0 radical (unpaired) electrons. The van der Waals surface area contributed by atoms with Crippen LogP contribution < -0.4 is 11.0 Å². The zero-order valence-corrected chi connectivity index (χ0v) is 13.4. The molecule has 6 nitrogen and oxygen atoms in total. The fraction of sp³-hybridized carbons (Fsp3) is 0.529. The Labute approximate surface area is 134 Å². The zero-order valence-electron chi connectivity index (χ0n) is 13.4. The van der Waals surface area contributed by atoms with Gasteiger partial charge in [-0.1, -0.05) is 0 Å². The predicted octanol–water partition coefficient (Wildman–Crippen LogP) is 1.08. The summed E-state index contributed by atoms with van der Waals surface area (Å²) >= 11 is 0. The number of nitrogens with one attached hydrogen (secondary N) is 2. The number of piperidine rings is 1. The van der Waals surface area contributed by atoms with Crippen LogP contribution >= 0.6 is 0 Å². The van der Waals surface area contributed by atoms with E-state index in [2.05, 4.69) is 10.3 Å². The van der Waals surface area contributed by atoms with Gasteiger partial charge in [0.05, 0.1) is 11.0 Å². The molecule has 2 saturated heterocycles. The van der Waals surface area contributed by atoms with E-state index in [9.17, 15) is 9.59 Å². The molecule has 122 valence electrons. The van der Waals surface area contributed by atoms with Crippen LogP contribution in [0.1, 0.15) is 29.6 Å². The number of imidazole rings is 1. The standard InChI is InChI=1S/C17H22N4O2/c1-20-14-9-12(3-4-13(14)19-16(20)23)15(22)21-8-6-17(11-21)5-2-7-18-10-17/h3-4,9,18H,2,5-8,10-11H2,1H3,(H,19,23). The number of aromatic nitrogens is 2. The third kappa shape index (κ3) is 2.37. The van der Waals surface area contributed by atoms with Gasteiger partial charge in [-0.25, -0.2) is 4.79 Å². The summed E-state index contributed by atoms with van der Waals surface area (Å²) in [6.07, 6.45) is 3.48. The number of aryl methyl sites for hydroxylation is 1. The maximum atomic E-state index is 12.8. The van der Waals surface area contributed by atoms with E-state index >= 15 is 0 Å². The van der Waals surface area contributed by atoms with Crippen molar-refractivity contribution in [3.8, 4) is 0 Å². The highest BCUT2D eigenvalue weighted by molar-refractivity contribution is 5.97. The Morgan fingerprint density at radius 1 is 1.30 bits per heavy atom. The second-order valence-corrected chi connectivity index (χ2v) is 6.98. The molecule has 3 heterocycles. The summed E-state index contributed by atoms with van der Waals surface area (Å²) in [4.78, 5) is 29.3. The molecule has 2 aliphatic heterocycles. The lowest BCUT2D eigenvalue weighted by Gasteiger charge is -2.33. The molecule has 6 heteroatoms. The molecule has 1 spiro atoms. The molecule has 0 bridgehead atoms. The topological polar surface area (TPSA) is 70.1 Å². The monoisotopic (exact) mass is 314 g/mol. The number of amides is 1. The number of hydrogen-bond acceptors (Lipinski definition) is 3. The number of benzene rings is 1. The minimum absolute atomic E-state index is 0.0722. The Bertz CT molecular complexity index is 814. The Balaban J connectivity index is 1.59.